The fraction of sp³-hybridized carbons (Fsp3) is 0.559. The first-order valence-corrected chi connectivity index (χ1v) is 26.9. The molecule has 11 N–H and O–H groups in total. The zero-order valence-corrected chi connectivity index (χ0v) is 45.3. The van der Waals surface area contributed by atoms with Gasteiger partial charge in [-0.25, -0.2) is 0 Å². The zero-order valence-electron chi connectivity index (χ0n) is 45.3. The van der Waals surface area contributed by atoms with Gasteiger partial charge in [-0.2, -0.15) is 0 Å². The number of esters is 1. The molecule has 20 nitrogen and oxygen atoms in total. The van der Waals surface area contributed by atoms with Gasteiger partial charge < -0.3 is 70.6 Å². The molecule has 2 saturated heterocycles. The Morgan fingerprint density at radius 3 is 1.92 bits per heavy atom. The average molecular weight is 1110 g/mol. The summed E-state index contributed by atoms with van der Waals surface area (Å²) in [5.74, 6) is -9.47. The van der Waals surface area contributed by atoms with Crippen molar-refractivity contribution < 1.29 is 93.7 Å². The number of carboxylic acid groups (broad SMARTS) is 1. The van der Waals surface area contributed by atoms with Crippen molar-refractivity contribution in [2.24, 2.45) is 23.7 Å². The lowest BCUT2D eigenvalue weighted by atomic mass is 9.82. The summed E-state index contributed by atoms with van der Waals surface area (Å²) in [7, 11) is 0. The number of aliphatic carboxylic acids is 1. The van der Waals surface area contributed by atoms with Crippen LogP contribution in [0.25, 0.3) is 0 Å². The third kappa shape index (κ3) is 22.4. The van der Waals surface area contributed by atoms with Gasteiger partial charge in [0.15, 0.2) is 29.7 Å². The number of cyclic esters (lactones) is 1. The highest BCUT2D eigenvalue weighted by atomic mass is 16.7. The Morgan fingerprint density at radius 2 is 1.32 bits per heavy atom. The van der Waals surface area contributed by atoms with Crippen molar-refractivity contribution in [1.29, 1.82) is 0 Å². The molecule has 3 heterocycles. The van der Waals surface area contributed by atoms with E-state index in [0.717, 1.165) is 0 Å². The minimum Gasteiger partial charge on any atom is -0.481 e. The van der Waals surface area contributed by atoms with E-state index in [4.69, 9.17) is 24.7 Å². The number of ketones is 4. The summed E-state index contributed by atoms with van der Waals surface area (Å²) < 4.78 is 23.4. The second kappa shape index (κ2) is 32.6. The van der Waals surface area contributed by atoms with Crippen molar-refractivity contribution in [3.8, 4) is 0 Å². The fourth-order valence-electron chi connectivity index (χ4n) is 9.87. The van der Waals surface area contributed by atoms with Crippen LogP contribution in [0.2, 0.25) is 0 Å². The molecule has 79 heavy (non-hydrogen) atoms. The number of fused-ring (bicyclic) bond motifs is 2. The van der Waals surface area contributed by atoms with E-state index >= 15 is 0 Å². The number of carboxylic acids is 1. The molecule has 20 heteroatoms. The smallest absolute Gasteiger partial charge is 0.313 e. The molecule has 0 amide bonds. The van der Waals surface area contributed by atoms with E-state index in [9.17, 15) is 74.7 Å². The van der Waals surface area contributed by atoms with Crippen LogP contribution >= 0.6 is 0 Å². The number of nitrogen functional groups attached to an aromatic ring is 1. The largest absolute Gasteiger partial charge is 0.481 e. The maximum absolute atomic E-state index is 13.3. The number of allylic oxidation sites excluding steroid dienone is 12. The summed E-state index contributed by atoms with van der Waals surface area (Å²) in [4.78, 5) is 77.2. The number of Topliss-reactive ketones (excluding diaryl/α,β-unsaturated/α-hetero) is 4. The highest BCUT2D eigenvalue weighted by Gasteiger charge is 2.51. The lowest BCUT2D eigenvalue weighted by molar-refractivity contribution is -0.305. The van der Waals surface area contributed by atoms with Gasteiger partial charge in [0.25, 0.3) is 0 Å². The number of benzene rings is 1. The molecule has 3 aliphatic rings. The highest BCUT2D eigenvalue weighted by molar-refractivity contribution is 5.97. The molecule has 0 radical (unpaired) electrons. The van der Waals surface area contributed by atoms with E-state index in [-0.39, 0.29) is 55.6 Å². The Morgan fingerprint density at radius 1 is 0.747 bits per heavy atom. The third-order valence-corrected chi connectivity index (χ3v) is 14.1. The molecular weight excluding hydrogens is 1030 g/mol. The van der Waals surface area contributed by atoms with Crippen molar-refractivity contribution >= 4 is 40.8 Å². The maximum Gasteiger partial charge on any atom is 0.313 e. The Kier molecular flexibility index (Phi) is 27.2. The summed E-state index contributed by atoms with van der Waals surface area (Å²) in [6.45, 7) is 6.91. The molecule has 0 aliphatic carbocycles. The SMILES string of the molecule is CC1/C=C/C=C/C=C/C=C/C=C/C=C/C=C/C(OC2OC(C)C(O)C(=O)C2O)CC2OC(O)(CC(O)CC(O)CC(O)CC(=O)CCCC(=O)CC(=O)OC1C(C)CC(C)C(O)CC(=O)c1ccc(N)cc1)CC(O)C2C(=O)O. The summed E-state index contributed by atoms with van der Waals surface area (Å²) in [5, 5.41) is 97.2. The van der Waals surface area contributed by atoms with Gasteiger partial charge in [-0.3, -0.25) is 28.8 Å². The number of anilines is 1. The number of aliphatic hydroxyl groups is 8. The fourth-order valence-corrected chi connectivity index (χ4v) is 9.87. The van der Waals surface area contributed by atoms with E-state index in [2.05, 4.69) is 0 Å². The Hall–Kier alpha value is -5.62. The van der Waals surface area contributed by atoms with Crippen LogP contribution in [0.15, 0.2) is 109 Å². The van der Waals surface area contributed by atoms with Gasteiger partial charge in [0.2, 0.25) is 0 Å². The number of nitrogens with two attached hydrogens (primary N) is 1. The topological polar surface area (TPSA) is 347 Å². The molecule has 2 bridgehead atoms. The highest BCUT2D eigenvalue weighted by Crippen LogP contribution is 2.38. The van der Waals surface area contributed by atoms with E-state index in [1.54, 1.807) is 98.0 Å². The molecule has 0 spiro atoms. The van der Waals surface area contributed by atoms with Crippen LogP contribution in [0.5, 0.6) is 0 Å². The number of carbonyl (C=O) groups excluding carboxylic acids is 5. The predicted molar refractivity (Wildman–Crippen MR) is 289 cm³/mol. The van der Waals surface area contributed by atoms with Gasteiger partial charge >= 0.3 is 11.9 Å². The van der Waals surface area contributed by atoms with Gasteiger partial charge in [0.05, 0.1) is 48.8 Å². The second-order valence-electron chi connectivity index (χ2n) is 21.1. The van der Waals surface area contributed by atoms with Crippen LogP contribution in [0.3, 0.4) is 0 Å². The normalized spacial score (nSPS) is 36.0. The standard InChI is InChI=1S/C59H81NO19/c1-35-18-15-13-11-9-7-5-6-8-10-12-14-16-21-46(77-58-55(72)54(71)53(70)38(4)76-58)31-50-52(57(73)74)49(68)34-59(75,79-50)33-45(65)29-44(64)28-43(63)27-41(61)19-17-20-42(62)30-51(69)78-56(35)37(3)26-36(2)47(66)32-48(67)39-22-24-40(60)25-23-39/h5-16,18,21-25,35-38,43-47,49-50,52-53,55-56,58,63-66,68,70,72,75H,17,19-20,26-34,60H2,1-4H3,(H,73,74)/b6-5+,9-7+,10-8+,13-11+,14-12+,18-15+,21-16+. The van der Waals surface area contributed by atoms with Gasteiger partial charge in [-0.15, -0.1) is 0 Å². The molecule has 3 aliphatic heterocycles. The molecule has 4 rings (SSSR count). The summed E-state index contributed by atoms with van der Waals surface area (Å²) in [6, 6.07) is 6.42. The van der Waals surface area contributed by atoms with Crippen LogP contribution in [-0.2, 0) is 42.9 Å². The van der Waals surface area contributed by atoms with Crippen LogP contribution in [-0.4, -0.2) is 160 Å². The molecule has 1 aromatic carbocycles. The van der Waals surface area contributed by atoms with Gasteiger partial charge in [-0.1, -0.05) is 106 Å². The molecule has 0 saturated carbocycles. The van der Waals surface area contributed by atoms with Crippen molar-refractivity contribution in [2.75, 3.05) is 5.73 Å². The maximum atomic E-state index is 13.3. The van der Waals surface area contributed by atoms with Crippen LogP contribution in [0.1, 0.15) is 115 Å². The first kappa shape index (κ1) is 65.9. The number of hydrogen-bond acceptors (Lipinski definition) is 19. The van der Waals surface area contributed by atoms with Crippen molar-refractivity contribution in [1.82, 2.24) is 0 Å². The predicted octanol–water partition coefficient (Wildman–Crippen LogP) is 4.01. The molecule has 0 aromatic heterocycles. The summed E-state index contributed by atoms with van der Waals surface area (Å²) >= 11 is 0. The summed E-state index contributed by atoms with van der Waals surface area (Å²) in [6.07, 6.45) is 3.62. The molecule has 2 fully saturated rings. The van der Waals surface area contributed by atoms with Gasteiger partial charge in [0, 0.05) is 62.1 Å². The minimum absolute atomic E-state index is 0.0589. The minimum atomic E-state index is -2.36. The molecule has 17 atom stereocenters. The monoisotopic (exact) mass is 1110 g/mol. The van der Waals surface area contributed by atoms with Crippen LogP contribution in [0, 0.1) is 23.7 Å². The van der Waals surface area contributed by atoms with E-state index < -0.39 is 153 Å². The zero-order chi connectivity index (χ0) is 58.4. The lowest BCUT2D eigenvalue weighted by Crippen LogP contribution is -2.57. The average Bonchev–Trinajstić information content (AvgIpc) is 3.40. The first-order chi connectivity index (χ1) is 37.4. The number of carbonyl (C=O) groups is 6. The van der Waals surface area contributed by atoms with Gasteiger partial charge in [-0.05, 0) is 68.7 Å². The van der Waals surface area contributed by atoms with E-state index in [0.29, 0.717) is 17.7 Å². The Balaban J connectivity index is 1.54. The van der Waals surface area contributed by atoms with Crippen LogP contribution < -0.4 is 5.73 Å². The lowest BCUT2D eigenvalue weighted by Gasteiger charge is -2.44. The Labute approximate surface area is 461 Å². The van der Waals surface area contributed by atoms with Gasteiger partial charge in [0.1, 0.15) is 36.1 Å². The second-order valence-corrected chi connectivity index (χ2v) is 21.1. The first-order valence-electron chi connectivity index (χ1n) is 26.9. The van der Waals surface area contributed by atoms with E-state index in [1.165, 1.54) is 19.1 Å². The van der Waals surface area contributed by atoms with Crippen molar-refractivity contribution in [3.05, 3.63) is 115 Å². The molecule has 1 aromatic rings. The molecule has 436 valence electrons. The van der Waals surface area contributed by atoms with E-state index in [1.807, 2.05) is 19.9 Å². The number of ether oxygens (including phenoxy) is 4. The quantitative estimate of drug-likeness (QED) is 0.0685. The molecular formula is C59H81NO19. The van der Waals surface area contributed by atoms with Crippen molar-refractivity contribution in [3.63, 3.8) is 0 Å². The number of hydrogen-bond donors (Lipinski definition) is 10. The molecule has 17 unspecified atom stereocenters. The summed E-state index contributed by atoms with van der Waals surface area (Å²) in [5.41, 5.74) is 6.68. The van der Waals surface area contributed by atoms with Crippen LogP contribution in [0.4, 0.5) is 5.69 Å². The Bertz CT molecular complexity index is 2380. The third-order valence-electron chi connectivity index (χ3n) is 14.1. The number of aliphatic hydroxyl groups excluding tert-OH is 7. The van der Waals surface area contributed by atoms with Crippen molar-refractivity contribution in [2.45, 2.75) is 184 Å². The number of rotatable bonds is 10.